The second kappa shape index (κ2) is 20.9. The van der Waals surface area contributed by atoms with Gasteiger partial charge in [0.2, 0.25) is 23.7 Å². The zero-order valence-corrected chi connectivity index (χ0v) is 35.2. The number of benzene rings is 2. The first-order valence-electron chi connectivity index (χ1n) is 19.9. The van der Waals surface area contributed by atoms with Crippen LogP contribution in [0.4, 0.5) is 21.8 Å². The van der Waals surface area contributed by atoms with E-state index >= 15 is 0 Å². The van der Waals surface area contributed by atoms with Crippen molar-refractivity contribution in [2.24, 2.45) is 5.73 Å². The van der Waals surface area contributed by atoms with Crippen LogP contribution in [0.25, 0.3) is 0 Å². The molecule has 60 heavy (non-hydrogen) atoms. The van der Waals surface area contributed by atoms with E-state index in [2.05, 4.69) is 47.2 Å². The average Bonchev–Trinajstić information content (AvgIpc) is 3.47. The molecular weight excluding hydrogens is 865 g/mol. The Morgan fingerprint density at radius 1 is 1.00 bits per heavy atom. The third kappa shape index (κ3) is 11.1. The lowest BCUT2D eigenvalue weighted by Gasteiger charge is -2.32. The van der Waals surface area contributed by atoms with E-state index in [9.17, 15) is 37.7 Å². The molecule has 3 aromatic rings. The maximum absolute atomic E-state index is 14.2. The number of nitrogens with one attached hydrogen (secondary N) is 4. The molecule has 2 aromatic carbocycles. The van der Waals surface area contributed by atoms with Gasteiger partial charge in [-0.15, -0.1) is 4.31 Å². The zero-order valence-electron chi connectivity index (χ0n) is 32.8. The van der Waals surface area contributed by atoms with Gasteiger partial charge in [0.25, 0.3) is 17.7 Å². The lowest BCUT2D eigenvalue weighted by molar-refractivity contribution is -0.136. The number of unbranched alkanes of at least 4 members (excludes halogenated alkanes) is 5. The van der Waals surface area contributed by atoms with Crippen molar-refractivity contribution in [3.8, 4) is 5.75 Å². The first-order chi connectivity index (χ1) is 28.9. The van der Waals surface area contributed by atoms with Crippen molar-refractivity contribution in [3.63, 3.8) is 0 Å². The molecule has 0 saturated carbocycles. The summed E-state index contributed by atoms with van der Waals surface area (Å²) in [6, 6.07) is 7.91. The predicted octanol–water partition coefficient (Wildman–Crippen LogP) is 4.09. The van der Waals surface area contributed by atoms with Gasteiger partial charge >= 0.3 is 0 Å². The van der Waals surface area contributed by atoms with Crippen LogP contribution < -0.4 is 31.7 Å². The van der Waals surface area contributed by atoms with E-state index < -0.39 is 52.8 Å². The summed E-state index contributed by atoms with van der Waals surface area (Å²) in [7, 11) is 0. The van der Waals surface area contributed by atoms with E-state index in [0.29, 0.717) is 73.2 Å². The van der Waals surface area contributed by atoms with Crippen LogP contribution in [-0.2, 0) is 25.7 Å². The predicted molar refractivity (Wildman–Crippen MR) is 223 cm³/mol. The number of anilines is 3. The number of fused-ring (bicyclic) bond motifs is 1. The number of ether oxygens (including phenoxy) is 1. The molecule has 6 amide bonds. The topological polar surface area (TPSA) is 241 Å². The number of nitrogens with zero attached hydrogens (tertiary/aromatic N) is 4. The Morgan fingerprint density at radius 2 is 1.73 bits per heavy atom. The van der Waals surface area contributed by atoms with E-state index in [-0.39, 0.29) is 47.2 Å². The molecular formula is C40H47BrFN9O8S. The standard InChI is InChI=1S/C40H47BrFN9O8S/c41-26-23-45-40(49-36(26)47-28-11-8-10-27(42)34(28)35(43)54)46-24-16-19-50(20-17-24)60(58)22-18-44-31(52)13-5-3-1-2-4-6-21-59-30-12-7-9-25-33(30)39(57)51(38(25)56)29-14-15-32(53)48-37(29)55/h7-12,23-24,29H,1-6,13-22H2,(H2,43,54)(H,44,52)(H,48,53,55)(H2,45,46,47,49). The average molecular weight is 913 g/mol. The number of carbonyl (C=O) groups is 6. The minimum atomic E-state index is -1.25. The summed E-state index contributed by atoms with van der Waals surface area (Å²) in [6.07, 6.45) is 8.54. The van der Waals surface area contributed by atoms with Gasteiger partial charge in [0, 0.05) is 49.5 Å². The molecule has 20 heteroatoms. The molecule has 3 aliphatic heterocycles. The maximum Gasteiger partial charge on any atom is 0.266 e. The second-order valence-electron chi connectivity index (χ2n) is 14.6. The highest BCUT2D eigenvalue weighted by atomic mass is 79.9. The largest absolute Gasteiger partial charge is 0.598 e. The third-order valence-electron chi connectivity index (χ3n) is 10.4. The fourth-order valence-electron chi connectivity index (χ4n) is 7.29. The fraction of sp³-hybridized carbons (Fsp3) is 0.450. The van der Waals surface area contributed by atoms with E-state index in [1.54, 1.807) is 12.1 Å². The molecule has 6 N–H and O–H groups in total. The van der Waals surface area contributed by atoms with Crippen LogP contribution in [-0.4, -0.2) is 103 Å². The molecule has 2 atom stereocenters. The number of primary amides is 1. The SMILES string of the molecule is NC(=O)c1c(F)cccc1Nc1nc(NC2CCN([S+]([O-])CCNC(=O)CCCCCCCCOc3cccc4c3C(=O)N(C3CCC(=O)NC3=O)C4=O)CC2)ncc1Br. The molecule has 4 heterocycles. The highest BCUT2D eigenvalue weighted by Crippen LogP contribution is 2.34. The Balaban J connectivity index is 0.807. The lowest BCUT2D eigenvalue weighted by atomic mass is 10.0. The first kappa shape index (κ1) is 44.4. The molecule has 0 aliphatic carbocycles. The van der Waals surface area contributed by atoms with Crippen LogP contribution in [0.15, 0.2) is 47.1 Å². The molecule has 6 rings (SSSR count). The summed E-state index contributed by atoms with van der Waals surface area (Å²) >= 11 is 2.13. The maximum atomic E-state index is 14.2. The quantitative estimate of drug-likeness (QED) is 0.0611. The van der Waals surface area contributed by atoms with E-state index in [1.165, 1.54) is 24.4 Å². The number of amides is 6. The zero-order chi connectivity index (χ0) is 42.8. The van der Waals surface area contributed by atoms with Crippen molar-refractivity contribution in [2.75, 3.05) is 42.6 Å². The molecule has 0 radical (unpaired) electrons. The molecule has 2 saturated heterocycles. The monoisotopic (exact) mass is 911 g/mol. The number of rotatable bonds is 20. The Morgan fingerprint density at radius 3 is 2.48 bits per heavy atom. The fourth-order valence-corrected chi connectivity index (χ4v) is 8.74. The highest BCUT2D eigenvalue weighted by molar-refractivity contribution is 9.10. The molecule has 3 aliphatic rings. The van der Waals surface area contributed by atoms with Gasteiger partial charge in [0.15, 0.2) is 0 Å². The van der Waals surface area contributed by atoms with Crippen molar-refractivity contribution in [3.05, 3.63) is 69.6 Å². The summed E-state index contributed by atoms with van der Waals surface area (Å²) < 4.78 is 35.5. The minimum absolute atomic E-state index is 0.0208. The number of piperidine rings is 2. The molecule has 0 bridgehead atoms. The molecule has 17 nitrogen and oxygen atoms in total. The third-order valence-corrected chi connectivity index (χ3v) is 12.5. The Labute approximate surface area is 357 Å². The number of imide groups is 2. The van der Waals surface area contributed by atoms with Crippen LogP contribution in [0.2, 0.25) is 0 Å². The first-order valence-corrected chi connectivity index (χ1v) is 22.0. The number of hydrogen-bond donors (Lipinski definition) is 5. The van der Waals surface area contributed by atoms with E-state index in [4.69, 9.17) is 10.5 Å². The van der Waals surface area contributed by atoms with Crippen LogP contribution in [0.5, 0.6) is 5.75 Å². The van der Waals surface area contributed by atoms with Crippen LogP contribution in [0.1, 0.15) is 102 Å². The number of carbonyl (C=O) groups excluding carboxylic acids is 6. The summed E-state index contributed by atoms with van der Waals surface area (Å²) in [5, 5.41) is 11.3. The van der Waals surface area contributed by atoms with Crippen molar-refractivity contribution in [1.29, 1.82) is 0 Å². The second-order valence-corrected chi connectivity index (χ2v) is 17.0. The molecule has 0 spiro atoms. The molecule has 2 fully saturated rings. The van der Waals surface area contributed by atoms with Gasteiger partial charge in [-0.25, -0.2) is 9.37 Å². The van der Waals surface area contributed by atoms with Crippen molar-refractivity contribution >= 4 is 80.2 Å². The van der Waals surface area contributed by atoms with Crippen molar-refractivity contribution in [2.45, 2.75) is 82.7 Å². The van der Waals surface area contributed by atoms with Gasteiger partial charge in [-0.3, -0.25) is 39.0 Å². The van der Waals surface area contributed by atoms with Crippen molar-refractivity contribution in [1.82, 2.24) is 29.8 Å². The summed E-state index contributed by atoms with van der Waals surface area (Å²) in [4.78, 5) is 84.1. The Bertz CT molecular complexity index is 2110. The number of aromatic nitrogens is 2. The minimum Gasteiger partial charge on any atom is -0.598 e. The van der Waals surface area contributed by atoms with Gasteiger partial charge in [0.1, 0.15) is 29.2 Å². The number of hydrogen-bond acceptors (Lipinski definition) is 13. The Hall–Kier alpha value is -5.18. The summed E-state index contributed by atoms with van der Waals surface area (Å²) in [6.45, 7) is 1.82. The number of halogens is 2. The van der Waals surface area contributed by atoms with E-state index in [0.717, 1.165) is 49.5 Å². The van der Waals surface area contributed by atoms with Crippen LogP contribution >= 0.6 is 15.9 Å². The molecule has 1 aromatic heterocycles. The lowest BCUT2D eigenvalue weighted by Crippen LogP contribution is -2.54. The summed E-state index contributed by atoms with van der Waals surface area (Å²) in [5.41, 5.74) is 5.59. The molecule has 2 unspecified atom stereocenters. The molecule has 320 valence electrons. The van der Waals surface area contributed by atoms with Crippen molar-refractivity contribution < 1.29 is 42.4 Å². The Kier molecular flexibility index (Phi) is 15.4. The van der Waals surface area contributed by atoms with Gasteiger partial charge in [-0.2, -0.15) is 4.98 Å². The number of nitrogens with two attached hydrogens (primary N) is 1. The normalized spacial score (nSPS) is 17.6. The van der Waals surface area contributed by atoms with E-state index in [1.807, 2.05) is 4.31 Å². The van der Waals surface area contributed by atoms with Crippen LogP contribution in [0.3, 0.4) is 0 Å². The van der Waals surface area contributed by atoms with Crippen LogP contribution in [0, 0.1) is 5.82 Å². The van der Waals surface area contributed by atoms with Gasteiger partial charge in [-0.05, 0) is 72.3 Å². The van der Waals surface area contributed by atoms with Gasteiger partial charge < -0.3 is 31.0 Å². The van der Waals surface area contributed by atoms with Gasteiger partial charge in [0.05, 0.1) is 40.0 Å². The van der Waals surface area contributed by atoms with Gasteiger partial charge in [-0.1, -0.05) is 37.8 Å². The highest BCUT2D eigenvalue weighted by Gasteiger charge is 2.46. The smallest absolute Gasteiger partial charge is 0.266 e. The summed E-state index contributed by atoms with van der Waals surface area (Å²) in [5.74, 6) is -2.74.